The molecule has 0 unspecified atom stereocenters. The van der Waals surface area contributed by atoms with Crippen molar-refractivity contribution in [2.24, 2.45) is 0 Å². The molecule has 0 aromatic heterocycles. The Morgan fingerprint density at radius 1 is 1.00 bits per heavy atom. The summed E-state index contributed by atoms with van der Waals surface area (Å²) in [5.74, 6) is -1.19. The Hall–Kier alpha value is -1.78. The van der Waals surface area contributed by atoms with Gasteiger partial charge in [0.1, 0.15) is 11.6 Å². The zero-order chi connectivity index (χ0) is 14.4. The van der Waals surface area contributed by atoms with Gasteiger partial charge in [-0.05, 0) is 23.3 Å². The monoisotopic (exact) mass is 277 g/mol. The SMILES string of the molecule is OC[C@H](CNCc1cc(F)cc(F)c1)c1ccccc1. The summed E-state index contributed by atoms with van der Waals surface area (Å²) >= 11 is 0. The van der Waals surface area contributed by atoms with Crippen molar-refractivity contribution < 1.29 is 13.9 Å². The maximum absolute atomic E-state index is 13.0. The third kappa shape index (κ3) is 4.11. The first kappa shape index (κ1) is 14.6. The highest BCUT2D eigenvalue weighted by Crippen LogP contribution is 2.14. The van der Waals surface area contributed by atoms with E-state index in [2.05, 4.69) is 5.32 Å². The van der Waals surface area contributed by atoms with Crippen molar-refractivity contribution in [3.05, 3.63) is 71.3 Å². The topological polar surface area (TPSA) is 32.3 Å². The molecule has 0 saturated heterocycles. The third-order valence-corrected chi connectivity index (χ3v) is 3.13. The van der Waals surface area contributed by atoms with Crippen LogP contribution < -0.4 is 5.32 Å². The Balaban J connectivity index is 1.91. The first-order chi connectivity index (χ1) is 9.69. The van der Waals surface area contributed by atoms with Gasteiger partial charge < -0.3 is 10.4 Å². The zero-order valence-corrected chi connectivity index (χ0v) is 11.0. The first-order valence-corrected chi connectivity index (χ1v) is 6.50. The maximum Gasteiger partial charge on any atom is 0.126 e. The van der Waals surface area contributed by atoms with Gasteiger partial charge in [-0.1, -0.05) is 30.3 Å². The van der Waals surface area contributed by atoms with E-state index >= 15 is 0 Å². The Bertz CT molecular complexity index is 525. The minimum Gasteiger partial charge on any atom is -0.396 e. The van der Waals surface area contributed by atoms with Gasteiger partial charge >= 0.3 is 0 Å². The molecule has 2 nitrogen and oxygen atoms in total. The van der Waals surface area contributed by atoms with E-state index in [9.17, 15) is 13.9 Å². The minimum atomic E-state index is -0.580. The molecular formula is C16H17F2NO. The van der Waals surface area contributed by atoms with Crippen LogP contribution in [0.3, 0.4) is 0 Å². The molecule has 0 spiro atoms. The fraction of sp³-hybridized carbons (Fsp3) is 0.250. The van der Waals surface area contributed by atoms with Crippen LogP contribution in [0.25, 0.3) is 0 Å². The molecule has 4 heteroatoms. The van der Waals surface area contributed by atoms with Crippen LogP contribution in [0.4, 0.5) is 8.78 Å². The summed E-state index contributed by atoms with van der Waals surface area (Å²) in [7, 11) is 0. The van der Waals surface area contributed by atoms with Crippen LogP contribution in [-0.2, 0) is 6.54 Å². The molecule has 0 heterocycles. The number of aliphatic hydroxyl groups excluding tert-OH is 1. The predicted molar refractivity (Wildman–Crippen MR) is 74.3 cm³/mol. The Morgan fingerprint density at radius 3 is 2.25 bits per heavy atom. The minimum absolute atomic E-state index is 0.0223. The molecule has 0 amide bonds. The second kappa shape index (κ2) is 7.12. The predicted octanol–water partition coefficient (Wildman–Crippen LogP) is 2.83. The molecule has 0 aliphatic heterocycles. The number of rotatable bonds is 6. The summed E-state index contributed by atoms with van der Waals surface area (Å²) in [5, 5.41) is 12.5. The van der Waals surface area contributed by atoms with Crippen molar-refractivity contribution in [1.29, 1.82) is 0 Å². The largest absolute Gasteiger partial charge is 0.396 e. The highest BCUT2D eigenvalue weighted by Gasteiger charge is 2.09. The smallest absolute Gasteiger partial charge is 0.126 e. The van der Waals surface area contributed by atoms with Crippen LogP contribution in [0.2, 0.25) is 0 Å². The number of aliphatic hydroxyl groups is 1. The first-order valence-electron chi connectivity index (χ1n) is 6.50. The van der Waals surface area contributed by atoms with Crippen LogP contribution in [0, 0.1) is 11.6 Å². The van der Waals surface area contributed by atoms with E-state index < -0.39 is 11.6 Å². The van der Waals surface area contributed by atoms with E-state index in [4.69, 9.17) is 0 Å². The third-order valence-electron chi connectivity index (χ3n) is 3.13. The van der Waals surface area contributed by atoms with Crippen molar-refractivity contribution >= 4 is 0 Å². The molecule has 2 rings (SSSR count). The number of halogens is 2. The van der Waals surface area contributed by atoms with Crippen LogP contribution in [-0.4, -0.2) is 18.3 Å². The van der Waals surface area contributed by atoms with Crippen molar-refractivity contribution in [3.63, 3.8) is 0 Å². The Kier molecular flexibility index (Phi) is 5.21. The number of benzene rings is 2. The molecular weight excluding hydrogens is 260 g/mol. The average molecular weight is 277 g/mol. The van der Waals surface area contributed by atoms with E-state index in [1.807, 2.05) is 30.3 Å². The highest BCUT2D eigenvalue weighted by atomic mass is 19.1. The molecule has 2 aromatic rings. The molecule has 0 aliphatic carbocycles. The summed E-state index contributed by atoms with van der Waals surface area (Å²) in [6.07, 6.45) is 0. The molecule has 0 bridgehead atoms. The fourth-order valence-electron chi connectivity index (χ4n) is 2.12. The van der Waals surface area contributed by atoms with Crippen molar-refractivity contribution in [1.82, 2.24) is 5.32 Å². The van der Waals surface area contributed by atoms with Gasteiger partial charge in [0.05, 0.1) is 6.61 Å². The summed E-state index contributed by atoms with van der Waals surface area (Å²) in [6.45, 7) is 0.922. The van der Waals surface area contributed by atoms with Crippen LogP contribution in [0.1, 0.15) is 17.0 Å². The summed E-state index contributed by atoms with van der Waals surface area (Å²) in [5.41, 5.74) is 1.58. The van der Waals surface area contributed by atoms with Gasteiger partial charge in [0.15, 0.2) is 0 Å². The average Bonchev–Trinajstić information content (AvgIpc) is 2.43. The maximum atomic E-state index is 13.0. The van der Waals surface area contributed by atoms with Gasteiger partial charge in [-0.3, -0.25) is 0 Å². The van der Waals surface area contributed by atoms with Crippen LogP contribution >= 0.6 is 0 Å². The Morgan fingerprint density at radius 2 is 1.65 bits per heavy atom. The number of hydrogen-bond donors (Lipinski definition) is 2. The van der Waals surface area contributed by atoms with E-state index in [0.717, 1.165) is 11.6 Å². The molecule has 1 atom stereocenters. The highest BCUT2D eigenvalue weighted by molar-refractivity contribution is 5.20. The van der Waals surface area contributed by atoms with E-state index in [1.54, 1.807) is 0 Å². The summed E-state index contributed by atoms with van der Waals surface area (Å²) in [6, 6.07) is 13.1. The molecule has 2 N–H and O–H groups in total. The second-order valence-corrected chi connectivity index (χ2v) is 4.70. The number of hydrogen-bond acceptors (Lipinski definition) is 2. The van der Waals surface area contributed by atoms with Gasteiger partial charge in [0.25, 0.3) is 0 Å². The second-order valence-electron chi connectivity index (χ2n) is 4.70. The standard InChI is InChI=1S/C16H17F2NO/c17-15-6-12(7-16(18)8-15)9-19-10-14(11-20)13-4-2-1-3-5-13/h1-8,14,19-20H,9-11H2/t14-/m0/s1. The van der Waals surface area contributed by atoms with Gasteiger partial charge in [-0.25, -0.2) is 8.78 Å². The molecule has 2 aromatic carbocycles. The van der Waals surface area contributed by atoms with Crippen molar-refractivity contribution in [2.45, 2.75) is 12.5 Å². The lowest BCUT2D eigenvalue weighted by Crippen LogP contribution is -2.23. The quantitative estimate of drug-likeness (QED) is 0.851. The fourth-order valence-corrected chi connectivity index (χ4v) is 2.12. The van der Waals surface area contributed by atoms with Gasteiger partial charge in [0.2, 0.25) is 0 Å². The molecule has 0 radical (unpaired) electrons. The molecule has 0 saturated carbocycles. The molecule has 0 fully saturated rings. The van der Waals surface area contributed by atoms with Crippen molar-refractivity contribution in [2.75, 3.05) is 13.2 Å². The van der Waals surface area contributed by atoms with Crippen molar-refractivity contribution in [3.8, 4) is 0 Å². The van der Waals surface area contributed by atoms with E-state index in [-0.39, 0.29) is 12.5 Å². The van der Waals surface area contributed by atoms with E-state index in [1.165, 1.54) is 12.1 Å². The molecule has 0 aliphatic rings. The van der Waals surface area contributed by atoms with Crippen LogP contribution in [0.15, 0.2) is 48.5 Å². The molecule has 106 valence electrons. The van der Waals surface area contributed by atoms with E-state index in [0.29, 0.717) is 18.7 Å². The van der Waals surface area contributed by atoms with Gasteiger partial charge in [0, 0.05) is 25.1 Å². The molecule has 20 heavy (non-hydrogen) atoms. The Labute approximate surface area is 117 Å². The lowest BCUT2D eigenvalue weighted by atomic mass is 10.00. The zero-order valence-electron chi connectivity index (χ0n) is 11.0. The lowest BCUT2D eigenvalue weighted by Gasteiger charge is -2.15. The van der Waals surface area contributed by atoms with Gasteiger partial charge in [-0.15, -0.1) is 0 Å². The lowest BCUT2D eigenvalue weighted by molar-refractivity contribution is 0.261. The number of nitrogens with one attached hydrogen (secondary N) is 1. The van der Waals surface area contributed by atoms with Crippen LogP contribution in [0.5, 0.6) is 0 Å². The summed E-state index contributed by atoms with van der Waals surface area (Å²) < 4.78 is 26.1. The normalized spacial score (nSPS) is 12.3. The summed E-state index contributed by atoms with van der Waals surface area (Å²) in [4.78, 5) is 0. The van der Waals surface area contributed by atoms with Gasteiger partial charge in [-0.2, -0.15) is 0 Å².